The molecule has 1 aliphatic rings. The van der Waals surface area contributed by atoms with Crippen LogP contribution in [0.3, 0.4) is 0 Å². The van der Waals surface area contributed by atoms with E-state index >= 15 is 0 Å². The van der Waals surface area contributed by atoms with Crippen LogP contribution in [0.4, 0.5) is 5.69 Å². The van der Waals surface area contributed by atoms with Gasteiger partial charge in [-0.15, -0.1) is 0 Å². The van der Waals surface area contributed by atoms with E-state index in [1.807, 2.05) is 30.5 Å². The Bertz CT molecular complexity index is 779. The molecule has 0 radical (unpaired) electrons. The van der Waals surface area contributed by atoms with Crippen molar-refractivity contribution in [2.45, 2.75) is 40.7 Å². The van der Waals surface area contributed by atoms with Gasteiger partial charge >= 0.3 is 0 Å². The molecule has 1 N–H and O–H groups in total. The van der Waals surface area contributed by atoms with Gasteiger partial charge in [-0.1, -0.05) is 45.0 Å². The molecule has 1 atom stereocenters. The van der Waals surface area contributed by atoms with Gasteiger partial charge in [0.25, 0.3) is 5.91 Å². The number of carbonyl (C=O) groups is 1. The first-order valence-corrected chi connectivity index (χ1v) is 9.37. The molecule has 1 aromatic carbocycles. The first kappa shape index (κ1) is 18.4. The van der Waals surface area contributed by atoms with Crippen molar-refractivity contribution in [1.29, 1.82) is 0 Å². The van der Waals surface area contributed by atoms with Gasteiger partial charge in [-0.05, 0) is 41.9 Å². The second-order valence-corrected chi connectivity index (χ2v) is 8.34. The molecule has 0 bridgehead atoms. The van der Waals surface area contributed by atoms with Gasteiger partial charge < -0.3 is 10.2 Å². The Morgan fingerprint density at radius 2 is 2.04 bits per heavy atom. The number of carbonyl (C=O) groups excluding carboxylic acids is 1. The normalized spacial score (nSPS) is 17.4. The number of aryl methyl sites for hydroxylation is 1. The van der Waals surface area contributed by atoms with Crippen LogP contribution in [-0.4, -0.2) is 24.0 Å². The van der Waals surface area contributed by atoms with Gasteiger partial charge in [0.1, 0.15) is 0 Å². The van der Waals surface area contributed by atoms with Crippen LogP contribution in [0.15, 0.2) is 42.7 Å². The highest BCUT2D eigenvalue weighted by Crippen LogP contribution is 2.35. The summed E-state index contributed by atoms with van der Waals surface area (Å²) in [5, 5.41) is 3.01. The third-order valence-corrected chi connectivity index (χ3v) is 5.46. The van der Waals surface area contributed by atoms with Gasteiger partial charge in [0.2, 0.25) is 0 Å². The topological polar surface area (TPSA) is 45.2 Å². The highest BCUT2D eigenvalue weighted by molar-refractivity contribution is 5.94. The molecule has 3 rings (SSSR count). The van der Waals surface area contributed by atoms with Crippen LogP contribution in [0.25, 0.3) is 0 Å². The second kappa shape index (κ2) is 7.48. The Morgan fingerprint density at radius 1 is 1.27 bits per heavy atom. The van der Waals surface area contributed by atoms with Crippen LogP contribution >= 0.6 is 0 Å². The predicted molar refractivity (Wildman–Crippen MR) is 106 cm³/mol. The zero-order valence-electron chi connectivity index (χ0n) is 16.2. The van der Waals surface area contributed by atoms with Crippen molar-refractivity contribution >= 4 is 11.6 Å². The molecule has 0 saturated carbocycles. The van der Waals surface area contributed by atoms with E-state index in [0.717, 1.165) is 24.3 Å². The molecule has 1 amide bonds. The number of nitrogens with zero attached hydrogens (tertiary/aromatic N) is 2. The van der Waals surface area contributed by atoms with Crippen LogP contribution in [0.1, 0.15) is 48.7 Å². The van der Waals surface area contributed by atoms with E-state index < -0.39 is 0 Å². The Morgan fingerprint density at radius 3 is 2.73 bits per heavy atom. The number of rotatable bonds is 4. The third-order valence-electron chi connectivity index (χ3n) is 5.46. The summed E-state index contributed by atoms with van der Waals surface area (Å²) in [5.41, 5.74) is 4.29. The van der Waals surface area contributed by atoms with Crippen LogP contribution in [0.5, 0.6) is 0 Å². The standard InChI is InChI=1S/C22H29N3O/c1-16-7-5-6-8-17(16)13-24-21(26)18-11-20(14-23-12-18)25-10-9-19(15-25)22(2,3)4/h5-8,11-12,14,19H,9-10,13,15H2,1-4H3,(H,24,26)/t19-/m1/s1. The van der Waals surface area contributed by atoms with Crippen molar-refractivity contribution in [3.8, 4) is 0 Å². The molecular weight excluding hydrogens is 322 g/mol. The lowest BCUT2D eigenvalue weighted by Crippen LogP contribution is -2.27. The molecule has 2 aromatic rings. The van der Waals surface area contributed by atoms with E-state index in [9.17, 15) is 4.79 Å². The first-order chi connectivity index (χ1) is 12.3. The number of hydrogen-bond donors (Lipinski definition) is 1. The minimum atomic E-state index is -0.0748. The summed E-state index contributed by atoms with van der Waals surface area (Å²) in [6, 6.07) is 10.1. The van der Waals surface area contributed by atoms with E-state index in [1.54, 1.807) is 6.20 Å². The highest BCUT2D eigenvalue weighted by Gasteiger charge is 2.32. The predicted octanol–water partition coefficient (Wildman–Crippen LogP) is 4.19. The van der Waals surface area contributed by atoms with E-state index in [1.165, 1.54) is 12.0 Å². The van der Waals surface area contributed by atoms with Crippen molar-refractivity contribution in [2.75, 3.05) is 18.0 Å². The van der Waals surface area contributed by atoms with Crippen molar-refractivity contribution < 1.29 is 4.79 Å². The number of nitrogens with one attached hydrogen (secondary N) is 1. The van der Waals surface area contributed by atoms with Crippen molar-refractivity contribution in [1.82, 2.24) is 10.3 Å². The maximum absolute atomic E-state index is 12.6. The number of pyridine rings is 1. The first-order valence-electron chi connectivity index (χ1n) is 9.37. The minimum Gasteiger partial charge on any atom is -0.370 e. The monoisotopic (exact) mass is 351 g/mol. The van der Waals surface area contributed by atoms with E-state index in [2.05, 4.69) is 49.0 Å². The van der Waals surface area contributed by atoms with Crippen molar-refractivity contribution in [2.24, 2.45) is 11.3 Å². The number of benzene rings is 1. The fourth-order valence-corrected chi connectivity index (χ4v) is 3.51. The molecule has 26 heavy (non-hydrogen) atoms. The maximum atomic E-state index is 12.6. The van der Waals surface area contributed by atoms with Crippen molar-refractivity contribution in [3.05, 3.63) is 59.4 Å². The number of aromatic nitrogens is 1. The van der Waals surface area contributed by atoms with Gasteiger partial charge in [0, 0.05) is 25.8 Å². The van der Waals surface area contributed by atoms with E-state index in [-0.39, 0.29) is 5.91 Å². The van der Waals surface area contributed by atoms with Crippen LogP contribution in [0.2, 0.25) is 0 Å². The van der Waals surface area contributed by atoms with E-state index in [0.29, 0.717) is 23.4 Å². The van der Waals surface area contributed by atoms with Crippen LogP contribution < -0.4 is 10.2 Å². The lowest BCUT2D eigenvalue weighted by atomic mass is 9.80. The van der Waals surface area contributed by atoms with Crippen LogP contribution in [-0.2, 0) is 6.54 Å². The quantitative estimate of drug-likeness (QED) is 0.898. The molecule has 2 heterocycles. The summed E-state index contributed by atoms with van der Waals surface area (Å²) in [7, 11) is 0. The van der Waals surface area contributed by atoms with Crippen LogP contribution in [0, 0.1) is 18.3 Å². The lowest BCUT2D eigenvalue weighted by molar-refractivity contribution is 0.0950. The average Bonchev–Trinajstić information content (AvgIpc) is 3.11. The van der Waals surface area contributed by atoms with Gasteiger partial charge in [0.15, 0.2) is 0 Å². The molecule has 1 aromatic heterocycles. The SMILES string of the molecule is Cc1ccccc1CNC(=O)c1cncc(N2CC[C@@H](C(C)(C)C)C2)c1. The number of amides is 1. The summed E-state index contributed by atoms with van der Waals surface area (Å²) >= 11 is 0. The summed E-state index contributed by atoms with van der Waals surface area (Å²) in [5.74, 6) is 0.593. The molecule has 4 heteroatoms. The zero-order valence-corrected chi connectivity index (χ0v) is 16.2. The molecule has 0 aliphatic carbocycles. The molecular formula is C22H29N3O. The minimum absolute atomic E-state index is 0.0748. The summed E-state index contributed by atoms with van der Waals surface area (Å²) in [6.45, 7) is 11.5. The lowest BCUT2D eigenvalue weighted by Gasteiger charge is -2.27. The molecule has 138 valence electrons. The average molecular weight is 351 g/mol. The molecule has 0 spiro atoms. The Balaban J connectivity index is 1.66. The Hall–Kier alpha value is -2.36. The van der Waals surface area contributed by atoms with E-state index in [4.69, 9.17) is 0 Å². The van der Waals surface area contributed by atoms with Gasteiger partial charge in [-0.2, -0.15) is 0 Å². The number of hydrogen-bond acceptors (Lipinski definition) is 3. The molecule has 1 aliphatic heterocycles. The summed E-state index contributed by atoms with van der Waals surface area (Å²) in [6.07, 6.45) is 4.70. The second-order valence-electron chi connectivity index (χ2n) is 8.34. The Labute approximate surface area is 156 Å². The fourth-order valence-electron chi connectivity index (χ4n) is 3.51. The molecule has 1 fully saturated rings. The fraction of sp³-hybridized carbons (Fsp3) is 0.455. The van der Waals surface area contributed by atoms with Gasteiger partial charge in [0.05, 0.1) is 17.4 Å². The van der Waals surface area contributed by atoms with Gasteiger partial charge in [-0.25, -0.2) is 0 Å². The Kier molecular flexibility index (Phi) is 5.30. The zero-order chi connectivity index (χ0) is 18.7. The molecule has 0 unspecified atom stereocenters. The number of anilines is 1. The third kappa shape index (κ3) is 4.24. The highest BCUT2D eigenvalue weighted by atomic mass is 16.1. The smallest absolute Gasteiger partial charge is 0.253 e. The summed E-state index contributed by atoms with van der Waals surface area (Å²) < 4.78 is 0. The molecule has 1 saturated heterocycles. The largest absolute Gasteiger partial charge is 0.370 e. The molecule has 4 nitrogen and oxygen atoms in total. The van der Waals surface area contributed by atoms with Gasteiger partial charge in [-0.3, -0.25) is 9.78 Å². The maximum Gasteiger partial charge on any atom is 0.253 e. The van der Waals surface area contributed by atoms with Crippen molar-refractivity contribution in [3.63, 3.8) is 0 Å². The summed E-state index contributed by atoms with van der Waals surface area (Å²) in [4.78, 5) is 19.2.